The lowest BCUT2D eigenvalue weighted by molar-refractivity contribution is -0.140. The Bertz CT molecular complexity index is 489. The number of aliphatic carboxylic acids is 1. The molecule has 2 aliphatic rings. The van der Waals surface area contributed by atoms with Crippen molar-refractivity contribution in [2.24, 2.45) is 11.8 Å². The first kappa shape index (κ1) is 14.3. The summed E-state index contributed by atoms with van der Waals surface area (Å²) >= 11 is 0. The summed E-state index contributed by atoms with van der Waals surface area (Å²) in [6.45, 7) is 0.751. The van der Waals surface area contributed by atoms with Crippen molar-refractivity contribution in [3.8, 4) is 0 Å². The van der Waals surface area contributed by atoms with Crippen LogP contribution in [0.25, 0.3) is 0 Å². The molecule has 2 rings (SSSR count). The topological polar surface area (TPSA) is 104 Å². The number of rotatable bonds is 4. The molecule has 8 heteroatoms. The highest BCUT2D eigenvalue weighted by Crippen LogP contribution is 2.38. The van der Waals surface area contributed by atoms with Crippen molar-refractivity contribution >= 4 is 21.9 Å². The molecule has 1 aliphatic carbocycles. The molecule has 108 valence electrons. The zero-order valence-electron chi connectivity index (χ0n) is 10.7. The first-order chi connectivity index (χ1) is 8.79. The Kier molecular flexibility index (Phi) is 3.82. The number of nitrogens with one attached hydrogen (secondary N) is 1. The quantitative estimate of drug-likeness (QED) is 0.709. The summed E-state index contributed by atoms with van der Waals surface area (Å²) in [5.41, 5.74) is 0. The van der Waals surface area contributed by atoms with Gasteiger partial charge >= 0.3 is 5.97 Å². The number of carboxylic acid groups (broad SMARTS) is 1. The summed E-state index contributed by atoms with van der Waals surface area (Å²) in [4.78, 5) is 22.5. The smallest absolute Gasteiger partial charge is 0.307 e. The van der Waals surface area contributed by atoms with Crippen LogP contribution in [0.4, 0.5) is 0 Å². The molecule has 0 bridgehead atoms. The number of hydrogen-bond acceptors (Lipinski definition) is 4. The predicted octanol–water partition coefficient (Wildman–Crippen LogP) is -0.753. The molecule has 1 amide bonds. The van der Waals surface area contributed by atoms with Gasteiger partial charge in [0.05, 0.1) is 18.1 Å². The second kappa shape index (κ2) is 5.09. The summed E-state index contributed by atoms with van der Waals surface area (Å²) in [6.07, 6.45) is 2.95. The van der Waals surface area contributed by atoms with E-state index in [1.54, 1.807) is 0 Å². The summed E-state index contributed by atoms with van der Waals surface area (Å²) in [7, 11) is -3.24. The molecule has 0 radical (unpaired) electrons. The van der Waals surface area contributed by atoms with Crippen molar-refractivity contribution in [1.82, 2.24) is 9.62 Å². The second-order valence-electron chi connectivity index (χ2n) is 5.26. The van der Waals surface area contributed by atoms with Gasteiger partial charge in [0.25, 0.3) is 0 Å². The third-order valence-electron chi connectivity index (χ3n) is 3.64. The Morgan fingerprint density at radius 2 is 2.00 bits per heavy atom. The van der Waals surface area contributed by atoms with Gasteiger partial charge in [-0.15, -0.1) is 0 Å². The minimum atomic E-state index is -3.24. The second-order valence-corrected chi connectivity index (χ2v) is 7.24. The van der Waals surface area contributed by atoms with Crippen molar-refractivity contribution in [2.75, 3.05) is 19.3 Å². The lowest BCUT2D eigenvalue weighted by atomic mass is 10.1. The highest BCUT2D eigenvalue weighted by molar-refractivity contribution is 7.88. The van der Waals surface area contributed by atoms with Gasteiger partial charge in [-0.25, -0.2) is 12.7 Å². The van der Waals surface area contributed by atoms with Crippen molar-refractivity contribution in [2.45, 2.75) is 25.3 Å². The van der Waals surface area contributed by atoms with Gasteiger partial charge in [0, 0.05) is 19.1 Å². The van der Waals surface area contributed by atoms with E-state index in [0.717, 1.165) is 12.7 Å². The number of carbonyl (C=O) groups is 2. The highest BCUT2D eigenvalue weighted by atomic mass is 32.2. The van der Waals surface area contributed by atoms with Crippen LogP contribution in [0, 0.1) is 11.8 Å². The van der Waals surface area contributed by atoms with Crippen molar-refractivity contribution in [3.63, 3.8) is 0 Å². The lowest BCUT2D eigenvalue weighted by Crippen LogP contribution is -2.49. The summed E-state index contributed by atoms with van der Waals surface area (Å²) in [6, 6.07) is -0.217. The van der Waals surface area contributed by atoms with E-state index in [2.05, 4.69) is 5.32 Å². The number of sulfonamides is 1. The van der Waals surface area contributed by atoms with Gasteiger partial charge in [-0.3, -0.25) is 9.59 Å². The minimum absolute atomic E-state index is 0.217. The summed E-state index contributed by atoms with van der Waals surface area (Å²) < 4.78 is 24.2. The average Bonchev–Trinajstić information content (AvgIpc) is 3.08. The number of piperidine rings is 1. The molecule has 1 saturated heterocycles. The largest absolute Gasteiger partial charge is 0.481 e. The zero-order valence-corrected chi connectivity index (χ0v) is 11.5. The zero-order chi connectivity index (χ0) is 14.2. The van der Waals surface area contributed by atoms with Crippen molar-refractivity contribution in [1.29, 1.82) is 0 Å². The van der Waals surface area contributed by atoms with Gasteiger partial charge in [0.1, 0.15) is 0 Å². The normalized spacial score (nSPS) is 31.7. The molecular formula is C11H18N2O5S. The number of amides is 1. The van der Waals surface area contributed by atoms with Crippen LogP contribution in [0.2, 0.25) is 0 Å². The van der Waals surface area contributed by atoms with Crippen molar-refractivity contribution in [3.05, 3.63) is 0 Å². The number of carboxylic acids is 1. The molecule has 2 N–H and O–H groups in total. The molecular weight excluding hydrogens is 272 g/mol. The van der Waals surface area contributed by atoms with Crippen LogP contribution in [0.3, 0.4) is 0 Å². The van der Waals surface area contributed by atoms with Gasteiger partial charge in [-0.05, 0) is 19.3 Å². The van der Waals surface area contributed by atoms with Crippen molar-refractivity contribution < 1.29 is 23.1 Å². The Morgan fingerprint density at radius 1 is 1.32 bits per heavy atom. The van der Waals surface area contributed by atoms with E-state index in [1.807, 2.05) is 0 Å². The van der Waals surface area contributed by atoms with Crippen LogP contribution in [0.15, 0.2) is 0 Å². The molecule has 1 aliphatic heterocycles. The standard InChI is InChI=1S/C11H18N2O5S/c1-19(17,18)13-4-2-3-7(6-13)12-10(14)8-5-9(8)11(15)16/h7-9H,2-6H2,1H3,(H,12,14)(H,15,16). The van der Waals surface area contributed by atoms with Crippen LogP contribution in [0.1, 0.15) is 19.3 Å². The van der Waals surface area contributed by atoms with Crippen LogP contribution in [-0.2, 0) is 19.6 Å². The number of hydrogen-bond donors (Lipinski definition) is 2. The molecule has 1 heterocycles. The third kappa shape index (κ3) is 3.44. The Labute approximate surface area is 112 Å². The van der Waals surface area contributed by atoms with E-state index in [9.17, 15) is 18.0 Å². The maximum atomic E-state index is 11.8. The average molecular weight is 290 g/mol. The molecule has 3 atom stereocenters. The van der Waals surface area contributed by atoms with Gasteiger partial charge < -0.3 is 10.4 Å². The Balaban J connectivity index is 1.86. The van der Waals surface area contributed by atoms with E-state index in [-0.39, 0.29) is 18.5 Å². The Hall–Kier alpha value is -1.15. The lowest BCUT2D eigenvalue weighted by Gasteiger charge is -2.31. The Morgan fingerprint density at radius 3 is 2.53 bits per heavy atom. The summed E-state index contributed by atoms with van der Waals surface area (Å²) in [5, 5.41) is 11.5. The van der Waals surface area contributed by atoms with E-state index >= 15 is 0 Å². The van der Waals surface area contributed by atoms with Crippen LogP contribution < -0.4 is 5.32 Å². The first-order valence-corrected chi connectivity index (χ1v) is 8.12. The molecule has 19 heavy (non-hydrogen) atoms. The first-order valence-electron chi connectivity index (χ1n) is 6.27. The van der Waals surface area contributed by atoms with Gasteiger partial charge in [0.2, 0.25) is 15.9 Å². The number of nitrogens with zero attached hydrogens (tertiary/aromatic N) is 1. The van der Waals surface area contributed by atoms with E-state index in [4.69, 9.17) is 5.11 Å². The maximum Gasteiger partial charge on any atom is 0.307 e. The molecule has 0 aromatic rings. The fourth-order valence-corrected chi connectivity index (χ4v) is 3.34. The predicted molar refractivity (Wildman–Crippen MR) is 66.8 cm³/mol. The molecule has 1 saturated carbocycles. The fraction of sp³-hybridized carbons (Fsp3) is 0.818. The molecule has 0 aromatic carbocycles. The molecule has 0 spiro atoms. The molecule has 0 aromatic heterocycles. The third-order valence-corrected chi connectivity index (χ3v) is 4.91. The fourth-order valence-electron chi connectivity index (χ4n) is 2.43. The van der Waals surface area contributed by atoms with E-state index in [0.29, 0.717) is 19.4 Å². The van der Waals surface area contributed by atoms with Crippen LogP contribution in [0.5, 0.6) is 0 Å². The van der Waals surface area contributed by atoms with Gasteiger partial charge in [0.15, 0.2) is 0 Å². The monoisotopic (exact) mass is 290 g/mol. The molecule has 7 nitrogen and oxygen atoms in total. The van der Waals surface area contributed by atoms with Gasteiger partial charge in [-0.1, -0.05) is 0 Å². The van der Waals surface area contributed by atoms with E-state index in [1.165, 1.54) is 4.31 Å². The maximum absolute atomic E-state index is 11.8. The molecule has 3 unspecified atom stereocenters. The number of carbonyl (C=O) groups excluding carboxylic acids is 1. The minimum Gasteiger partial charge on any atom is -0.481 e. The SMILES string of the molecule is CS(=O)(=O)N1CCCC(NC(=O)C2CC2C(=O)O)C1. The van der Waals surface area contributed by atoms with Gasteiger partial charge in [-0.2, -0.15) is 0 Å². The van der Waals surface area contributed by atoms with E-state index < -0.39 is 27.8 Å². The van der Waals surface area contributed by atoms with Crippen LogP contribution in [-0.4, -0.2) is 55.1 Å². The summed E-state index contributed by atoms with van der Waals surface area (Å²) in [5.74, 6) is -2.24. The highest BCUT2D eigenvalue weighted by Gasteiger charge is 2.48. The van der Waals surface area contributed by atoms with Crippen LogP contribution >= 0.6 is 0 Å². The molecule has 2 fully saturated rings.